The number of anilines is 1. The molecule has 0 unspecified atom stereocenters. The molecule has 6 nitrogen and oxygen atoms in total. The third-order valence-electron chi connectivity index (χ3n) is 3.63. The first-order valence-electron chi connectivity index (χ1n) is 8.09. The van der Waals surface area contributed by atoms with Crippen molar-refractivity contribution in [3.05, 3.63) is 83.9 Å². The number of nitrogens with zero attached hydrogens (tertiary/aromatic N) is 3. The highest BCUT2D eigenvalue weighted by molar-refractivity contribution is 5.92. The zero-order valence-electron chi connectivity index (χ0n) is 13.7. The molecule has 0 atom stereocenters. The van der Waals surface area contributed by atoms with Crippen LogP contribution in [-0.4, -0.2) is 27.4 Å². The number of nitrogens with one attached hydrogen (secondary N) is 2. The van der Waals surface area contributed by atoms with E-state index in [4.69, 9.17) is 0 Å². The maximum absolute atomic E-state index is 12.2. The molecule has 1 amide bonds. The van der Waals surface area contributed by atoms with Gasteiger partial charge < -0.3 is 10.6 Å². The van der Waals surface area contributed by atoms with Gasteiger partial charge in [-0.25, -0.2) is 9.97 Å². The fraction of sp³-hybridized carbons (Fsp3) is 0.158. The quantitative estimate of drug-likeness (QED) is 0.694. The molecule has 3 rings (SSSR count). The summed E-state index contributed by atoms with van der Waals surface area (Å²) in [5.74, 6) is 0.220. The Balaban J connectivity index is 1.52. The number of carbonyl (C=O) groups is 1. The van der Waals surface area contributed by atoms with Crippen LogP contribution in [0.4, 0.5) is 5.95 Å². The van der Waals surface area contributed by atoms with Crippen LogP contribution in [0, 0.1) is 0 Å². The first-order chi connectivity index (χ1) is 12.3. The van der Waals surface area contributed by atoms with E-state index in [0.717, 1.165) is 12.0 Å². The largest absolute Gasteiger partial charge is 0.350 e. The van der Waals surface area contributed by atoms with Crippen LogP contribution in [0.1, 0.15) is 21.6 Å². The van der Waals surface area contributed by atoms with Gasteiger partial charge in [0.05, 0.1) is 0 Å². The zero-order valence-corrected chi connectivity index (χ0v) is 13.7. The van der Waals surface area contributed by atoms with E-state index in [0.29, 0.717) is 24.7 Å². The van der Waals surface area contributed by atoms with Gasteiger partial charge in [0.25, 0.3) is 5.91 Å². The summed E-state index contributed by atoms with van der Waals surface area (Å²) in [5.41, 5.74) is 2.60. The molecule has 3 aromatic rings. The predicted molar refractivity (Wildman–Crippen MR) is 96.1 cm³/mol. The molecule has 0 radical (unpaired) electrons. The van der Waals surface area contributed by atoms with E-state index in [-0.39, 0.29) is 5.91 Å². The molecule has 0 saturated carbocycles. The molecule has 2 heterocycles. The fourth-order valence-electron chi connectivity index (χ4n) is 2.31. The third-order valence-corrected chi connectivity index (χ3v) is 3.63. The van der Waals surface area contributed by atoms with Gasteiger partial charge in [0, 0.05) is 31.7 Å². The minimum Gasteiger partial charge on any atom is -0.350 e. The van der Waals surface area contributed by atoms with Crippen LogP contribution in [0.2, 0.25) is 0 Å². The van der Waals surface area contributed by atoms with E-state index in [1.54, 1.807) is 24.7 Å². The van der Waals surface area contributed by atoms with Gasteiger partial charge in [-0.2, -0.15) is 0 Å². The second-order valence-electron chi connectivity index (χ2n) is 5.47. The van der Waals surface area contributed by atoms with Gasteiger partial charge >= 0.3 is 0 Å². The van der Waals surface area contributed by atoms with Crippen LogP contribution < -0.4 is 10.6 Å². The van der Waals surface area contributed by atoms with E-state index in [1.807, 2.05) is 42.5 Å². The van der Waals surface area contributed by atoms with Crippen LogP contribution in [0.15, 0.2) is 67.1 Å². The van der Waals surface area contributed by atoms with E-state index in [2.05, 4.69) is 25.6 Å². The van der Waals surface area contributed by atoms with Gasteiger partial charge in [-0.15, -0.1) is 0 Å². The summed E-state index contributed by atoms with van der Waals surface area (Å²) >= 11 is 0. The number of amides is 1. The molecule has 126 valence electrons. The lowest BCUT2D eigenvalue weighted by molar-refractivity contribution is 0.0949. The number of carbonyl (C=O) groups excluding carboxylic acids is 1. The van der Waals surface area contributed by atoms with Crippen molar-refractivity contribution in [2.75, 3.05) is 11.9 Å². The van der Waals surface area contributed by atoms with Gasteiger partial charge in [0.2, 0.25) is 5.95 Å². The average Bonchev–Trinajstić information content (AvgIpc) is 2.68. The summed E-state index contributed by atoms with van der Waals surface area (Å²) in [5, 5.41) is 5.99. The van der Waals surface area contributed by atoms with Crippen LogP contribution in [0.5, 0.6) is 0 Å². The van der Waals surface area contributed by atoms with Crippen molar-refractivity contribution < 1.29 is 4.79 Å². The topological polar surface area (TPSA) is 79.8 Å². The maximum Gasteiger partial charge on any atom is 0.270 e. The number of hydrogen-bond donors (Lipinski definition) is 2. The highest BCUT2D eigenvalue weighted by Crippen LogP contribution is 2.04. The van der Waals surface area contributed by atoms with Crippen molar-refractivity contribution in [1.29, 1.82) is 0 Å². The molecule has 0 saturated heterocycles. The van der Waals surface area contributed by atoms with Crippen molar-refractivity contribution in [3.8, 4) is 0 Å². The van der Waals surface area contributed by atoms with Crippen LogP contribution >= 0.6 is 0 Å². The Labute approximate surface area is 146 Å². The molecule has 2 N–H and O–H groups in total. The Morgan fingerprint density at radius 3 is 2.52 bits per heavy atom. The van der Waals surface area contributed by atoms with Crippen LogP contribution in [-0.2, 0) is 13.0 Å². The predicted octanol–water partition coefficient (Wildman–Crippen LogP) is 2.46. The molecule has 0 spiro atoms. The molecule has 0 bridgehead atoms. The van der Waals surface area contributed by atoms with Gasteiger partial charge in [-0.3, -0.25) is 9.78 Å². The Morgan fingerprint density at radius 2 is 1.72 bits per heavy atom. The highest BCUT2D eigenvalue weighted by atomic mass is 16.1. The lowest BCUT2D eigenvalue weighted by Crippen LogP contribution is -2.26. The van der Waals surface area contributed by atoms with E-state index in [9.17, 15) is 4.79 Å². The summed E-state index contributed by atoms with van der Waals surface area (Å²) in [6.07, 6.45) is 5.82. The number of hydrogen-bond acceptors (Lipinski definition) is 5. The van der Waals surface area contributed by atoms with Crippen LogP contribution in [0.25, 0.3) is 0 Å². The van der Waals surface area contributed by atoms with E-state index >= 15 is 0 Å². The Bertz CT molecular complexity index is 808. The molecule has 25 heavy (non-hydrogen) atoms. The summed E-state index contributed by atoms with van der Waals surface area (Å²) in [7, 11) is 0. The fourth-order valence-corrected chi connectivity index (χ4v) is 2.31. The maximum atomic E-state index is 12.2. The van der Waals surface area contributed by atoms with Crippen molar-refractivity contribution in [3.63, 3.8) is 0 Å². The number of benzene rings is 1. The molecule has 6 heteroatoms. The summed E-state index contributed by atoms with van der Waals surface area (Å²) in [4.78, 5) is 24.6. The second kappa shape index (κ2) is 8.54. The third kappa shape index (κ3) is 5.10. The van der Waals surface area contributed by atoms with Crippen LogP contribution in [0.3, 0.4) is 0 Å². The first kappa shape index (κ1) is 16.6. The Morgan fingerprint density at radius 1 is 0.920 bits per heavy atom. The lowest BCUT2D eigenvalue weighted by Gasteiger charge is -2.07. The molecule has 2 aromatic heterocycles. The van der Waals surface area contributed by atoms with Gasteiger partial charge in [-0.1, -0.05) is 30.3 Å². The number of aromatic nitrogens is 3. The minimum atomic E-state index is -0.203. The molecule has 0 aliphatic rings. The van der Waals surface area contributed by atoms with E-state index in [1.165, 1.54) is 5.56 Å². The van der Waals surface area contributed by atoms with E-state index < -0.39 is 0 Å². The first-order valence-corrected chi connectivity index (χ1v) is 8.09. The van der Waals surface area contributed by atoms with Gasteiger partial charge in [-0.05, 0) is 35.7 Å². The zero-order chi connectivity index (χ0) is 17.3. The van der Waals surface area contributed by atoms with Crippen molar-refractivity contribution in [2.45, 2.75) is 13.0 Å². The molecule has 1 aromatic carbocycles. The van der Waals surface area contributed by atoms with Crippen molar-refractivity contribution in [1.82, 2.24) is 20.3 Å². The molecule has 0 aliphatic carbocycles. The van der Waals surface area contributed by atoms with Gasteiger partial charge in [0.1, 0.15) is 5.69 Å². The number of rotatable bonds is 7. The lowest BCUT2D eigenvalue weighted by atomic mass is 10.1. The van der Waals surface area contributed by atoms with Gasteiger partial charge in [0.15, 0.2) is 0 Å². The average molecular weight is 333 g/mol. The summed E-state index contributed by atoms with van der Waals surface area (Å²) in [6.45, 7) is 1.13. The van der Waals surface area contributed by atoms with Crippen molar-refractivity contribution in [2.24, 2.45) is 0 Å². The second-order valence-corrected chi connectivity index (χ2v) is 5.47. The summed E-state index contributed by atoms with van der Waals surface area (Å²) < 4.78 is 0. The smallest absolute Gasteiger partial charge is 0.270 e. The molecule has 0 fully saturated rings. The standard InChI is InChI=1S/C19H19N5O/c25-18(21-12-8-15-4-2-1-3-5-15)17-9-13-22-19(24-17)23-14-16-6-10-20-11-7-16/h1-7,9-11,13H,8,12,14H2,(H,21,25)(H,22,23,24). The monoisotopic (exact) mass is 333 g/mol. The van der Waals surface area contributed by atoms with Crippen molar-refractivity contribution >= 4 is 11.9 Å². The molecular weight excluding hydrogens is 314 g/mol. The Kier molecular flexibility index (Phi) is 5.66. The SMILES string of the molecule is O=C(NCCc1ccccc1)c1ccnc(NCc2ccncc2)n1. The summed E-state index contributed by atoms with van der Waals surface area (Å²) in [6, 6.07) is 15.5. The molecule has 0 aliphatic heterocycles. The number of pyridine rings is 1. The Hall–Kier alpha value is -3.28. The highest BCUT2D eigenvalue weighted by Gasteiger charge is 2.08. The minimum absolute atomic E-state index is 0.203. The normalized spacial score (nSPS) is 10.2. The molecular formula is C19H19N5O.